The first-order valence-corrected chi connectivity index (χ1v) is 9.18. The van der Waals surface area contributed by atoms with Crippen LogP contribution in [0.2, 0.25) is 0 Å². The Morgan fingerprint density at radius 3 is 2.54 bits per heavy atom. The number of aryl methyl sites for hydroxylation is 1. The number of para-hydroxylation sites is 1. The molecule has 2 aromatic carbocycles. The van der Waals surface area contributed by atoms with Gasteiger partial charge >= 0.3 is 0 Å². The number of fused-ring (bicyclic) bond motifs is 1. The molecule has 0 saturated heterocycles. The minimum atomic E-state index is -0.313. The van der Waals surface area contributed by atoms with Crippen molar-refractivity contribution in [2.24, 2.45) is 0 Å². The highest BCUT2D eigenvalue weighted by atomic mass is 16.2. The lowest BCUT2D eigenvalue weighted by molar-refractivity contribution is -0.121. The lowest BCUT2D eigenvalue weighted by Crippen LogP contribution is -2.39. The molecular formula is C22H26N2O2. The van der Waals surface area contributed by atoms with E-state index in [1.807, 2.05) is 54.3 Å². The Hall–Kier alpha value is -2.62. The van der Waals surface area contributed by atoms with E-state index in [9.17, 15) is 9.59 Å². The van der Waals surface area contributed by atoms with E-state index in [0.717, 1.165) is 29.8 Å². The standard InChI is InChI=1S/C22H26N2O2/c1-15-8-10-18(11-9-15)20(23-17(3)25)14-22(26)24-13-12-16(2)19-6-4-5-7-21(19)24/h4-11,16,20H,12-14H2,1-3H3,(H,23,25). The number of carbonyl (C=O) groups excluding carboxylic acids is 2. The summed E-state index contributed by atoms with van der Waals surface area (Å²) in [6.45, 7) is 6.43. The number of amides is 2. The highest BCUT2D eigenvalue weighted by Crippen LogP contribution is 2.35. The number of hydrogen-bond acceptors (Lipinski definition) is 2. The molecule has 0 saturated carbocycles. The summed E-state index contributed by atoms with van der Waals surface area (Å²) in [6.07, 6.45) is 1.21. The van der Waals surface area contributed by atoms with Gasteiger partial charge in [0.05, 0.1) is 12.5 Å². The maximum Gasteiger partial charge on any atom is 0.229 e. The third kappa shape index (κ3) is 3.96. The van der Waals surface area contributed by atoms with E-state index in [-0.39, 0.29) is 24.3 Å². The molecule has 1 aliphatic heterocycles. The summed E-state index contributed by atoms with van der Waals surface area (Å²) in [5, 5.41) is 2.93. The number of carbonyl (C=O) groups is 2. The highest BCUT2D eigenvalue weighted by Gasteiger charge is 2.28. The van der Waals surface area contributed by atoms with Crippen molar-refractivity contribution in [1.29, 1.82) is 0 Å². The highest BCUT2D eigenvalue weighted by molar-refractivity contribution is 5.95. The molecule has 0 radical (unpaired) electrons. The summed E-state index contributed by atoms with van der Waals surface area (Å²) in [5.74, 6) is 0.373. The van der Waals surface area contributed by atoms with Gasteiger partial charge in [0, 0.05) is 19.2 Å². The molecule has 1 aliphatic rings. The zero-order chi connectivity index (χ0) is 18.7. The summed E-state index contributed by atoms with van der Waals surface area (Å²) < 4.78 is 0. The number of nitrogens with one attached hydrogen (secondary N) is 1. The molecule has 4 nitrogen and oxygen atoms in total. The van der Waals surface area contributed by atoms with Crippen molar-refractivity contribution in [2.75, 3.05) is 11.4 Å². The number of hydrogen-bond donors (Lipinski definition) is 1. The smallest absolute Gasteiger partial charge is 0.229 e. The molecule has 2 unspecified atom stereocenters. The molecular weight excluding hydrogens is 324 g/mol. The zero-order valence-corrected chi connectivity index (χ0v) is 15.7. The number of benzene rings is 2. The van der Waals surface area contributed by atoms with Crippen LogP contribution in [0.3, 0.4) is 0 Å². The van der Waals surface area contributed by atoms with Gasteiger partial charge in [0.25, 0.3) is 0 Å². The molecule has 2 aromatic rings. The zero-order valence-electron chi connectivity index (χ0n) is 15.7. The molecule has 1 heterocycles. The largest absolute Gasteiger partial charge is 0.349 e. The first kappa shape index (κ1) is 18.2. The third-order valence-corrected chi connectivity index (χ3v) is 5.08. The van der Waals surface area contributed by atoms with Crippen LogP contribution in [0.1, 0.15) is 55.3 Å². The van der Waals surface area contributed by atoms with Gasteiger partial charge in [-0.2, -0.15) is 0 Å². The number of rotatable bonds is 4. The van der Waals surface area contributed by atoms with Crippen molar-refractivity contribution in [3.8, 4) is 0 Å². The fourth-order valence-corrected chi connectivity index (χ4v) is 3.59. The summed E-state index contributed by atoms with van der Waals surface area (Å²) in [4.78, 5) is 26.6. The van der Waals surface area contributed by atoms with Gasteiger partial charge in [-0.25, -0.2) is 0 Å². The predicted octanol–water partition coefficient (Wildman–Crippen LogP) is 4.10. The third-order valence-electron chi connectivity index (χ3n) is 5.08. The van der Waals surface area contributed by atoms with Crippen molar-refractivity contribution in [1.82, 2.24) is 5.32 Å². The Morgan fingerprint density at radius 1 is 1.15 bits per heavy atom. The van der Waals surface area contributed by atoms with Gasteiger partial charge < -0.3 is 10.2 Å². The SMILES string of the molecule is CC(=O)NC(CC(=O)N1CCC(C)c2ccccc21)c1ccc(C)cc1. The van der Waals surface area contributed by atoms with Crippen LogP contribution in [-0.4, -0.2) is 18.4 Å². The van der Waals surface area contributed by atoms with Gasteiger partial charge in [0.15, 0.2) is 0 Å². The molecule has 2 amide bonds. The van der Waals surface area contributed by atoms with Crippen molar-refractivity contribution >= 4 is 17.5 Å². The Balaban J connectivity index is 1.83. The predicted molar refractivity (Wildman–Crippen MR) is 104 cm³/mol. The molecule has 0 bridgehead atoms. The second-order valence-electron chi connectivity index (χ2n) is 7.16. The van der Waals surface area contributed by atoms with Crippen LogP contribution in [0, 0.1) is 6.92 Å². The summed E-state index contributed by atoms with van der Waals surface area (Å²) in [7, 11) is 0. The summed E-state index contributed by atoms with van der Waals surface area (Å²) in [6, 6.07) is 15.8. The van der Waals surface area contributed by atoms with E-state index in [1.54, 1.807) is 0 Å². The normalized spacial score (nSPS) is 17.3. The fourth-order valence-electron chi connectivity index (χ4n) is 3.59. The molecule has 0 aromatic heterocycles. The molecule has 1 N–H and O–H groups in total. The Morgan fingerprint density at radius 2 is 1.85 bits per heavy atom. The average Bonchev–Trinajstić information content (AvgIpc) is 2.62. The van der Waals surface area contributed by atoms with Crippen LogP contribution in [0.5, 0.6) is 0 Å². The van der Waals surface area contributed by atoms with Crippen LogP contribution in [0.25, 0.3) is 0 Å². The summed E-state index contributed by atoms with van der Waals surface area (Å²) >= 11 is 0. The van der Waals surface area contributed by atoms with Crippen molar-refractivity contribution in [3.05, 3.63) is 65.2 Å². The van der Waals surface area contributed by atoms with E-state index in [1.165, 1.54) is 12.5 Å². The summed E-state index contributed by atoms with van der Waals surface area (Å²) in [5.41, 5.74) is 4.33. The van der Waals surface area contributed by atoms with Gasteiger partial charge in [0.1, 0.15) is 0 Å². The molecule has 3 rings (SSSR count). The number of nitrogens with zero attached hydrogens (tertiary/aromatic N) is 1. The minimum absolute atomic E-state index is 0.0451. The van der Waals surface area contributed by atoms with E-state index in [0.29, 0.717) is 5.92 Å². The molecule has 0 aliphatic carbocycles. The van der Waals surface area contributed by atoms with E-state index < -0.39 is 0 Å². The van der Waals surface area contributed by atoms with Gasteiger partial charge in [-0.15, -0.1) is 0 Å². The molecule has 2 atom stereocenters. The van der Waals surface area contributed by atoms with Gasteiger partial charge in [0.2, 0.25) is 11.8 Å². The van der Waals surface area contributed by atoms with E-state index in [2.05, 4.69) is 18.3 Å². The number of anilines is 1. The van der Waals surface area contributed by atoms with Crippen LogP contribution >= 0.6 is 0 Å². The van der Waals surface area contributed by atoms with Crippen LogP contribution in [-0.2, 0) is 9.59 Å². The topological polar surface area (TPSA) is 49.4 Å². The second kappa shape index (κ2) is 7.73. The quantitative estimate of drug-likeness (QED) is 0.902. The lowest BCUT2D eigenvalue weighted by atomic mass is 9.91. The lowest BCUT2D eigenvalue weighted by Gasteiger charge is -2.34. The molecule has 0 spiro atoms. The van der Waals surface area contributed by atoms with Crippen LogP contribution < -0.4 is 10.2 Å². The molecule has 26 heavy (non-hydrogen) atoms. The molecule has 0 fully saturated rings. The Labute approximate surface area is 155 Å². The van der Waals surface area contributed by atoms with Gasteiger partial charge in [-0.05, 0) is 36.5 Å². The van der Waals surface area contributed by atoms with Crippen molar-refractivity contribution in [3.63, 3.8) is 0 Å². The van der Waals surface area contributed by atoms with Gasteiger partial charge in [-0.3, -0.25) is 9.59 Å². The first-order valence-electron chi connectivity index (χ1n) is 9.18. The Kier molecular flexibility index (Phi) is 5.40. The molecule has 136 valence electrons. The maximum atomic E-state index is 13.1. The molecule has 4 heteroatoms. The second-order valence-corrected chi connectivity index (χ2v) is 7.16. The van der Waals surface area contributed by atoms with Crippen LogP contribution in [0.15, 0.2) is 48.5 Å². The average molecular weight is 350 g/mol. The monoisotopic (exact) mass is 350 g/mol. The first-order chi connectivity index (χ1) is 12.5. The van der Waals surface area contributed by atoms with Gasteiger partial charge in [-0.1, -0.05) is 55.0 Å². The van der Waals surface area contributed by atoms with Crippen molar-refractivity contribution in [2.45, 2.75) is 45.6 Å². The fraction of sp³-hybridized carbons (Fsp3) is 0.364. The van der Waals surface area contributed by atoms with E-state index >= 15 is 0 Å². The van der Waals surface area contributed by atoms with E-state index in [4.69, 9.17) is 0 Å². The minimum Gasteiger partial charge on any atom is -0.349 e. The maximum absolute atomic E-state index is 13.1. The van der Waals surface area contributed by atoms with Crippen molar-refractivity contribution < 1.29 is 9.59 Å². The van der Waals surface area contributed by atoms with Crippen LogP contribution in [0.4, 0.5) is 5.69 Å². The Bertz CT molecular complexity index is 798.